The summed E-state index contributed by atoms with van der Waals surface area (Å²) in [6, 6.07) is 134. The Kier molecular flexibility index (Phi) is 15.6. The summed E-state index contributed by atoms with van der Waals surface area (Å²) in [5.74, 6) is 6.43. The second-order valence-corrected chi connectivity index (χ2v) is 38.5. The van der Waals surface area contributed by atoms with Crippen LogP contribution in [-0.2, 0) is 21.7 Å². The summed E-state index contributed by atoms with van der Waals surface area (Å²) in [6.45, 7) is 9.56. The van der Waals surface area contributed by atoms with Crippen LogP contribution in [0.25, 0.3) is 111 Å². The molecule has 0 aromatic heterocycles. The molecular formula is C118H98N2. The average molecular weight is 1540 g/mol. The van der Waals surface area contributed by atoms with Gasteiger partial charge in [0, 0.05) is 54.9 Å². The van der Waals surface area contributed by atoms with Crippen LogP contribution in [0.1, 0.15) is 136 Å². The zero-order valence-corrected chi connectivity index (χ0v) is 69.1. The highest BCUT2D eigenvalue weighted by Gasteiger charge is 2.64. The van der Waals surface area contributed by atoms with Crippen LogP contribution in [-0.4, -0.2) is 0 Å². The molecule has 12 aliphatic carbocycles. The van der Waals surface area contributed by atoms with Gasteiger partial charge in [0.2, 0.25) is 0 Å². The number of fused-ring (bicyclic) bond motifs is 14. The van der Waals surface area contributed by atoms with Gasteiger partial charge in [-0.25, -0.2) is 0 Å². The van der Waals surface area contributed by atoms with Gasteiger partial charge in [-0.15, -0.1) is 0 Å². The molecule has 0 aliphatic heterocycles. The van der Waals surface area contributed by atoms with E-state index in [1.165, 1.54) is 220 Å². The fourth-order valence-corrected chi connectivity index (χ4v) is 27.8. The first-order valence-electron chi connectivity index (χ1n) is 44.9. The van der Waals surface area contributed by atoms with Crippen molar-refractivity contribution in [2.24, 2.45) is 47.3 Å². The number of anilines is 6. The maximum Gasteiger partial charge on any atom is 0.0546 e. The average Bonchev–Trinajstić information content (AvgIpc) is 1.57. The Morgan fingerprint density at radius 3 is 1.01 bits per heavy atom. The number of benzene rings is 16. The highest BCUT2D eigenvalue weighted by molar-refractivity contribution is 6.12. The molecule has 12 aliphatic rings. The van der Waals surface area contributed by atoms with Gasteiger partial charge in [0.1, 0.15) is 0 Å². The van der Waals surface area contributed by atoms with E-state index in [0.717, 1.165) is 35.0 Å². The van der Waals surface area contributed by atoms with E-state index in [2.05, 4.69) is 389 Å². The first-order valence-corrected chi connectivity index (χ1v) is 44.9. The first kappa shape index (κ1) is 70.6. The van der Waals surface area contributed by atoms with Gasteiger partial charge >= 0.3 is 0 Å². The molecule has 0 amide bonds. The second-order valence-electron chi connectivity index (χ2n) is 38.5. The van der Waals surface area contributed by atoms with Crippen molar-refractivity contribution in [2.45, 2.75) is 114 Å². The van der Waals surface area contributed by atoms with Crippen LogP contribution in [0, 0.1) is 47.3 Å². The second kappa shape index (κ2) is 26.6. The van der Waals surface area contributed by atoms with Crippen LogP contribution in [0.4, 0.5) is 34.1 Å². The van der Waals surface area contributed by atoms with E-state index in [4.69, 9.17) is 0 Å². The lowest BCUT2D eigenvalue weighted by Gasteiger charge is -2.61. The van der Waals surface area contributed by atoms with E-state index in [-0.39, 0.29) is 21.7 Å². The fourth-order valence-electron chi connectivity index (χ4n) is 27.8. The van der Waals surface area contributed by atoms with Gasteiger partial charge in [-0.1, -0.05) is 331 Å². The van der Waals surface area contributed by atoms with E-state index >= 15 is 0 Å². The maximum absolute atomic E-state index is 2.59. The predicted octanol–water partition coefficient (Wildman–Crippen LogP) is 31.3. The zero-order valence-electron chi connectivity index (χ0n) is 69.1. The molecule has 16 aromatic carbocycles. The highest BCUT2D eigenvalue weighted by Crippen LogP contribution is 2.73. The van der Waals surface area contributed by atoms with Crippen molar-refractivity contribution in [3.63, 3.8) is 0 Å². The third kappa shape index (κ3) is 10.0. The van der Waals surface area contributed by atoms with Crippen molar-refractivity contribution >= 4 is 55.7 Å². The molecule has 120 heavy (non-hydrogen) atoms. The molecule has 16 aromatic rings. The number of nitrogens with zero attached hydrogens (tertiary/aromatic N) is 2. The summed E-state index contributed by atoms with van der Waals surface area (Å²) < 4.78 is 0. The van der Waals surface area contributed by atoms with E-state index in [9.17, 15) is 0 Å². The zero-order chi connectivity index (χ0) is 79.5. The van der Waals surface area contributed by atoms with E-state index in [1.54, 1.807) is 22.3 Å². The summed E-state index contributed by atoms with van der Waals surface area (Å²) >= 11 is 0. The van der Waals surface area contributed by atoms with Gasteiger partial charge in [0.15, 0.2) is 0 Å². The van der Waals surface area contributed by atoms with Gasteiger partial charge in [-0.2, -0.15) is 0 Å². The van der Waals surface area contributed by atoms with Crippen molar-refractivity contribution in [2.75, 3.05) is 9.80 Å². The van der Waals surface area contributed by atoms with Crippen molar-refractivity contribution in [3.05, 3.63) is 396 Å². The van der Waals surface area contributed by atoms with Gasteiger partial charge in [0.05, 0.1) is 22.7 Å². The van der Waals surface area contributed by atoms with Crippen LogP contribution < -0.4 is 9.80 Å². The van der Waals surface area contributed by atoms with Crippen LogP contribution >= 0.6 is 0 Å². The summed E-state index contributed by atoms with van der Waals surface area (Å²) in [7, 11) is 0. The molecule has 0 N–H and O–H groups in total. The molecule has 8 saturated carbocycles. The lowest BCUT2D eigenvalue weighted by molar-refractivity contribution is -0.0397. The molecule has 0 radical (unpaired) electrons. The Balaban J connectivity index is 0.000000133. The molecule has 2 spiro atoms. The van der Waals surface area contributed by atoms with Crippen molar-refractivity contribution in [1.82, 2.24) is 0 Å². The van der Waals surface area contributed by atoms with Crippen molar-refractivity contribution in [1.29, 1.82) is 0 Å². The lowest BCUT2D eigenvalue weighted by Crippen LogP contribution is -2.55. The largest absolute Gasteiger partial charge is 0.309 e. The monoisotopic (exact) mass is 1540 g/mol. The summed E-state index contributed by atoms with van der Waals surface area (Å²) in [5.41, 5.74) is 40.9. The van der Waals surface area contributed by atoms with Crippen molar-refractivity contribution < 1.29 is 0 Å². The summed E-state index contributed by atoms with van der Waals surface area (Å²) in [4.78, 5) is 5.15. The third-order valence-corrected chi connectivity index (χ3v) is 32.1. The standard InChI is InChI=1S/2C59H49N/c1-58(2)50-23-8-7-19-49(50)56-52(58)25-13-27-54(56)60(44-30-28-40(29-31-44)39-14-4-3-5-15-39)53-26-11-17-41-16-10-20-46(55(41)53)48-22-12-21-47-45-18-6-9-24-51(45)59(57(47)48)42-33-37-32-38(35-42)36-43(59)34-37;1-58(2)51-22-10-9-19-50(51)56-53(58)24-13-25-55(56)60(43-28-26-40(27-29-43)39-14-4-3-5-15-39)54-31-30-45(44-16-6-7-18-47(44)54)48-20-12-21-49-46-17-8-11-23-52(46)59(57(48)49)41-33-37-32-38(35-41)36-42(59)34-37/h3-31,37-38,42-43H,32-36H2,1-2H3;3-31,37-38,41-42H,32-36H2,1-2H3. The Bertz CT molecular complexity index is 6810. The van der Waals surface area contributed by atoms with Crippen LogP contribution in [0.15, 0.2) is 352 Å². The smallest absolute Gasteiger partial charge is 0.0546 e. The normalized spacial score (nSPS) is 23.4. The third-order valence-electron chi connectivity index (χ3n) is 32.1. The van der Waals surface area contributed by atoms with Crippen LogP contribution in [0.5, 0.6) is 0 Å². The van der Waals surface area contributed by atoms with Gasteiger partial charge in [-0.05, 0) is 293 Å². The summed E-state index contributed by atoms with van der Waals surface area (Å²) in [5, 5.41) is 5.19. The number of hydrogen-bond donors (Lipinski definition) is 0. The minimum Gasteiger partial charge on any atom is -0.309 e. The SMILES string of the molecule is CC1(C)c2ccccc2-c2c(N(c3ccc(-c4ccccc4)cc3)c3ccc(-c4cccc5c4C4(c6ccccc6-5)C5CC6CC(C5)CC4C6)c4ccccc34)cccc21.CC1(C)c2ccccc2-c2c(N(c3ccc(-c4ccccc4)cc3)c3cccc4cccc(-c5cccc6c5C5(c7ccccc7-6)C6CC7CC(C6)CC5C7)c34)cccc21. The predicted molar refractivity (Wildman–Crippen MR) is 501 cm³/mol. The molecule has 8 bridgehead atoms. The Morgan fingerprint density at radius 1 is 0.217 bits per heavy atom. The molecule has 0 heterocycles. The van der Waals surface area contributed by atoms with Gasteiger partial charge in [0.25, 0.3) is 0 Å². The Morgan fingerprint density at radius 2 is 0.542 bits per heavy atom. The number of rotatable bonds is 10. The minimum absolute atomic E-state index is 0.0650. The van der Waals surface area contributed by atoms with Gasteiger partial charge in [-0.3, -0.25) is 0 Å². The van der Waals surface area contributed by atoms with Crippen molar-refractivity contribution in [3.8, 4) is 89.0 Å². The number of hydrogen-bond acceptors (Lipinski definition) is 2. The molecule has 8 fully saturated rings. The van der Waals surface area contributed by atoms with Crippen LogP contribution in [0.3, 0.4) is 0 Å². The molecule has 0 saturated heterocycles. The minimum atomic E-state index is -0.110. The Labute approximate surface area is 706 Å². The molecule has 2 nitrogen and oxygen atoms in total. The van der Waals surface area contributed by atoms with Crippen LogP contribution in [0.2, 0.25) is 0 Å². The Hall–Kier alpha value is -12.4. The quantitative estimate of drug-likeness (QED) is 0.135. The van der Waals surface area contributed by atoms with E-state index in [1.807, 2.05) is 0 Å². The molecule has 28 rings (SSSR count). The molecule has 580 valence electrons. The first-order chi connectivity index (χ1) is 59.0. The van der Waals surface area contributed by atoms with E-state index in [0.29, 0.717) is 23.7 Å². The van der Waals surface area contributed by atoms with E-state index < -0.39 is 0 Å². The fraction of sp³-hybridized carbons (Fsp3) is 0.220. The molecule has 2 heteroatoms. The van der Waals surface area contributed by atoms with Gasteiger partial charge < -0.3 is 9.80 Å². The maximum atomic E-state index is 2.59. The summed E-state index contributed by atoms with van der Waals surface area (Å²) in [6.07, 6.45) is 14.0. The topological polar surface area (TPSA) is 6.48 Å². The molecule has 0 atom stereocenters. The lowest BCUT2D eigenvalue weighted by atomic mass is 9.42. The molecule has 0 unspecified atom stereocenters. The molecular weight excluding hydrogens is 1450 g/mol. The highest BCUT2D eigenvalue weighted by atomic mass is 15.2.